The second-order valence-electron chi connectivity index (χ2n) is 9.08. The number of carbonyl (C=O) groups excluding carboxylic acids is 1. The molecule has 0 spiro atoms. The number of amides is 1. The molecule has 1 atom stereocenters. The molecule has 5 heterocycles. The van der Waals surface area contributed by atoms with Crippen LogP contribution in [-0.2, 0) is 17.8 Å². The molecule has 12 heteroatoms. The number of hydrogen-bond donors (Lipinski definition) is 0. The lowest BCUT2D eigenvalue weighted by molar-refractivity contribution is -0.142. The van der Waals surface area contributed by atoms with Gasteiger partial charge in [-0.1, -0.05) is 0 Å². The summed E-state index contributed by atoms with van der Waals surface area (Å²) in [5, 5.41) is 3.75. The quantitative estimate of drug-likeness (QED) is 0.461. The van der Waals surface area contributed by atoms with E-state index >= 15 is 0 Å². The predicted molar refractivity (Wildman–Crippen MR) is 127 cm³/mol. The van der Waals surface area contributed by atoms with Crippen LogP contribution in [-0.4, -0.2) is 58.3 Å². The number of ether oxygens (including phenoxy) is 3. The molecule has 1 fully saturated rings. The summed E-state index contributed by atoms with van der Waals surface area (Å²) < 4.78 is 56.0. The lowest BCUT2D eigenvalue weighted by Crippen LogP contribution is -2.25. The summed E-state index contributed by atoms with van der Waals surface area (Å²) in [6.45, 7) is 1.79. The number of methoxy groups -OCH3 is 1. The first-order chi connectivity index (χ1) is 17.7. The Morgan fingerprint density at radius 2 is 2.05 bits per heavy atom. The Morgan fingerprint density at radius 1 is 1.22 bits per heavy atom. The molecule has 0 radical (unpaired) electrons. The van der Waals surface area contributed by atoms with Gasteiger partial charge in [0.1, 0.15) is 13.2 Å². The molecule has 9 nitrogen and oxygen atoms in total. The Labute approximate surface area is 211 Å². The summed E-state index contributed by atoms with van der Waals surface area (Å²) in [5.74, 6) is 0.473. The van der Waals surface area contributed by atoms with Gasteiger partial charge in [0.25, 0.3) is 11.8 Å². The molecular weight excluding hydrogens is 491 g/mol. The van der Waals surface area contributed by atoms with E-state index < -0.39 is 12.7 Å². The van der Waals surface area contributed by atoms with Crippen molar-refractivity contribution >= 4 is 11.6 Å². The summed E-state index contributed by atoms with van der Waals surface area (Å²) in [6.07, 6.45) is 2.76. The zero-order chi connectivity index (χ0) is 26.2. The third-order valence-electron chi connectivity index (χ3n) is 6.34. The number of halogens is 3. The van der Waals surface area contributed by atoms with Gasteiger partial charge in [-0.05, 0) is 43.9 Å². The Bertz CT molecular complexity index is 1300. The molecule has 1 saturated heterocycles. The van der Waals surface area contributed by atoms with E-state index in [0.717, 1.165) is 30.6 Å². The van der Waals surface area contributed by atoms with Gasteiger partial charge in [-0.3, -0.25) is 19.4 Å². The van der Waals surface area contributed by atoms with Crippen molar-refractivity contribution in [3.8, 4) is 22.9 Å². The lowest BCUT2D eigenvalue weighted by atomic mass is 10.0. The molecule has 3 aromatic heterocycles. The van der Waals surface area contributed by atoms with Gasteiger partial charge in [0.15, 0.2) is 5.75 Å². The molecule has 37 heavy (non-hydrogen) atoms. The number of alkyl halides is 3. The highest BCUT2D eigenvalue weighted by Crippen LogP contribution is 2.34. The van der Waals surface area contributed by atoms with Crippen molar-refractivity contribution in [2.45, 2.75) is 51.6 Å². The monoisotopic (exact) mass is 517 g/mol. The van der Waals surface area contributed by atoms with Crippen LogP contribution >= 0.6 is 0 Å². The number of fused-ring (bicyclic) bond motifs is 1. The van der Waals surface area contributed by atoms with Gasteiger partial charge >= 0.3 is 6.18 Å². The van der Waals surface area contributed by atoms with Gasteiger partial charge in [0.05, 0.1) is 48.6 Å². The van der Waals surface area contributed by atoms with Crippen LogP contribution in [0.1, 0.15) is 40.9 Å². The third-order valence-corrected chi connectivity index (χ3v) is 6.34. The Hall–Kier alpha value is -3.67. The Balaban J connectivity index is 1.38. The topological polar surface area (TPSA) is 91.6 Å². The minimum atomic E-state index is -4.41. The van der Waals surface area contributed by atoms with E-state index in [0.29, 0.717) is 46.3 Å². The van der Waals surface area contributed by atoms with Crippen molar-refractivity contribution in [3.63, 3.8) is 0 Å². The summed E-state index contributed by atoms with van der Waals surface area (Å²) in [7, 11) is 1.51. The first-order valence-corrected chi connectivity index (χ1v) is 11.9. The number of rotatable bonds is 7. The zero-order valence-corrected chi connectivity index (χ0v) is 20.4. The standard InChI is InChI=1S/C25H26F3N5O4/c1-15-7-19(16-8-21(23(35-2)29-9-16)37-13-18-5-3-4-6-36-18)31-20-12-33(24(34)22(15)20)17-10-30-32(11-17)14-25(26,27)28/h7-11,18H,3-6,12-14H2,1-2H3. The van der Waals surface area contributed by atoms with Crippen LogP contribution in [0.25, 0.3) is 11.3 Å². The number of pyridine rings is 2. The van der Waals surface area contributed by atoms with Gasteiger partial charge in [0.2, 0.25) is 0 Å². The molecule has 0 bridgehead atoms. The minimum absolute atomic E-state index is 0.0139. The Kier molecular flexibility index (Phi) is 6.76. The zero-order valence-electron chi connectivity index (χ0n) is 20.4. The van der Waals surface area contributed by atoms with E-state index in [1.54, 1.807) is 25.3 Å². The number of aromatic nitrogens is 4. The van der Waals surface area contributed by atoms with Crippen molar-refractivity contribution in [1.82, 2.24) is 19.7 Å². The molecule has 3 aromatic rings. The van der Waals surface area contributed by atoms with Crippen LogP contribution in [0.3, 0.4) is 0 Å². The van der Waals surface area contributed by atoms with Crippen LogP contribution in [0.5, 0.6) is 11.6 Å². The highest BCUT2D eigenvalue weighted by molar-refractivity contribution is 6.10. The van der Waals surface area contributed by atoms with E-state index in [1.165, 1.54) is 24.4 Å². The fourth-order valence-electron chi connectivity index (χ4n) is 4.57. The average molecular weight is 518 g/mol. The van der Waals surface area contributed by atoms with Crippen molar-refractivity contribution in [2.24, 2.45) is 0 Å². The van der Waals surface area contributed by atoms with Gasteiger partial charge in [-0.25, -0.2) is 4.98 Å². The molecule has 2 aliphatic heterocycles. The van der Waals surface area contributed by atoms with Crippen molar-refractivity contribution in [2.75, 3.05) is 25.2 Å². The summed E-state index contributed by atoms with van der Waals surface area (Å²) in [6, 6.07) is 3.57. The minimum Gasteiger partial charge on any atom is -0.485 e. The van der Waals surface area contributed by atoms with Crippen molar-refractivity contribution < 1.29 is 32.2 Å². The van der Waals surface area contributed by atoms with Crippen LogP contribution < -0.4 is 14.4 Å². The van der Waals surface area contributed by atoms with Crippen molar-refractivity contribution in [3.05, 3.63) is 47.5 Å². The van der Waals surface area contributed by atoms with E-state index in [2.05, 4.69) is 10.1 Å². The largest absolute Gasteiger partial charge is 0.485 e. The second kappa shape index (κ2) is 10.0. The maximum atomic E-state index is 13.1. The highest BCUT2D eigenvalue weighted by atomic mass is 19.4. The molecule has 1 amide bonds. The van der Waals surface area contributed by atoms with Gasteiger partial charge in [-0.2, -0.15) is 18.3 Å². The van der Waals surface area contributed by atoms with Crippen LogP contribution in [0.2, 0.25) is 0 Å². The average Bonchev–Trinajstić information content (AvgIpc) is 3.46. The van der Waals surface area contributed by atoms with Crippen LogP contribution in [0.15, 0.2) is 30.7 Å². The van der Waals surface area contributed by atoms with Gasteiger partial charge in [0, 0.05) is 24.6 Å². The molecule has 1 unspecified atom stereocenters. The first kappa shape index (κ1) is 25.0. The van der Waals surface area contributed by atoms with E-state index in [9.17, 15) is 18.0 Å². The molecule has 196 valence electrons. The van der Waals surface area contributed by atoms with E-state index in [1.807, 2.05) is 0 Å². The molecular formula is C25H26F3N5O4. The fraction of sp³-hybridized carbons (Fsp3) is 0.440. The molecule has 0 saturated carbocycles. The maximum Gasteiger partial charge on any atom is 0.408 e. The van der Waals surface area contributed by atoms with Crippen molar-refractivity contribution in [1.29, 1.82) is 0 Å². The smallest absolute Gasteiger partial charge is 0.408 e. The second-order valence-corrected chi connectivity index (χ2v) is 9.08. The molecule has 2 aliphatic rings. The number of nitrogens with zero attached hydrogens (tertiary/aromatic N) is 5. The third kappa shape index (κ3) is 5.38. The SMILES string of the molecule is COc1ncc(-c2cc(C)c3c(n2)CN(c2cnn(CC(F)(F)F)c2)C3=O)cc1OCC1CCCCO1. The van der Waals surface area contributed by atoms with E-state index in [-0.39, 0.29) is 24.2 Å². The summed E-state index contributed by atoms with van der Waals surface area (Å²) >= 11 is 0. The predicted octanol–water partition coefficient (Wildman–Crippen LogP) is 4.33. The Morgan fingerprint density at radius 3 is 2.78 bits per heavy atom. The van der Waals surface area contributed by atoms with Crippen LogP contribution in [0.4, 0.5) is 18.9 Å². The van der Waals surface area contributed by atoms with E-state index in [4.69, 9.17) is 19.2 Å². The number of carbonyl (C=O) groups is 1. The van der Waals surface area contributed by atoms with Crippen LogP contribution in [0, 0.1) is 6.92 Å². The molecule has 0 aliphatic carbocycles. The lowest BCUT2D eigenvalue weighted by Gasteiger charge is -2.23. The maximum absolute atomic E-state index is 13.1. The van der Waals surface area contributed by atoms with Gasteiger partial charge in [-0.15, -0.1) is 0 Å². The first-order valence-electron chi connectivity index (χ1n) is 11.9. The number of hydrogen-bond acceptors (Lipinski definition) is 7. The highest BCUT2D eigenvalue weighted by Gasteiger charge is 2.34. The summed E-state index contributed by atoms with van der Waals surface area (Å²) in [5.41, 5.74) is 3.20. The molecule has 5 rings (SSSR count). The number of aryl methyl sites for hydroxylation is 1. The fourth-order valence-corrected chi connectivity index (χ4v) is 4.57. The molecule has 0 aromatic carbocycles. The number of anilines is 1. The summed E-state index contributed by atoms with van der Waals surface area (Å²) in [4.78, 5) is 23.5. The normalized spacial score (nSPS) is 17.7. The molecule has 0 N–H and O–H groups in total. The van der Waals surface area contributed by atoms with Gasteiger partial charge < -0.3 is 14.2 Å².